The topological polar surface area (TPSA) is 39.1 Å². The van der Waals surface area contributed by atoms with Crippen LogP contribution in [-0.2, 0) is 0 Å². The molecule has 0 aromatic carbocycles. The molecule has 0 aromatic heterocycles. The molecular formula is C13H23N3O. The Morgan fingerprint density at radius 2 is 1.94 bits per heavy atom. The standard InChI is InChI=1S/C13H23N3O/c1-2-3-4-13-9-15-5-6-16(10-13)8-11(7-15)12(13)14-17/h11,17H,2-10H2,1H3/b14-12+. The van der Waals surface area contributed by atoms with Crippen molar-refractivity contribution in [1.29, 1.82) is 0 Å². The van der Waals surface area contributed by atoms with Gasteiger partial charge >= 0.3 is 0 Å². The maximum Gasteiger partial charge on any atom is 0.0714 e. The van der Waals surface area contributed by atoms with Crippen molar-refractivity contribution in [3.05, 3.63) is 0 Å². The van der Waals surface area contributed by atoms with Gasteiger partial charge in [-0.3, -0.25) is 0 Å². The summed E-state index contributed by atoms with van der Waals surface area (Å²) in [6.45, 7) is 9.06. The van der Waals surface area contributed by atoms with Crippen molar-refractivity contribution in [2.24, 2.45) is 16.5 Å². The Morgan fingerprint density at radius 1 is 1.29 bits per heavy atom. The van der Waals surface area contributed by atoms with E-state index in [1.807, 2.05) is 0 Å². The van der Waals surface area contributed by atoms with E-state index < -0.39 is 0 Å². The van der Waals surface area contributed by atoms with Crippen molar-refractivity contribution < 1.29 is 5.21 Å². The second-order valence-electron chi connectivity index (χ2n) is 6.04. The monoisotopic (exact) mass is 237 g/mol. The SMILES string of the molecule is CCCCC12CN3CCN(CC(C3)/C1=N\O)C2. The Bertz CT molecular complexity index is 313. The smallest absolute Gasteiger partial charge is 0.0714 e. The van der Waals surface area contributed by atoms with Crippen LogP contribution in [0.3, 0.4) is 0 Å². The largest absolute Gasteiger partial charge is 0.411 e. The minimum Gasteiger partial charge on any atom is -0.411 e. The van der Waals surface area contributed by atoms with Gasteiger partial charge in [-0.05, 0) is 6.42 Å². The molecular weight excluding hydrogens is 214 g/mol. The molecule has 0 aliphatic carbocycles. The highest BCUT2D eigenvalue weighted by atomic mass is 16.4. The fraction of sp³-hybridized carbons (Fsp3) is 0.923. The zero-order valence-electron chi connectivity index (χ0n) is 10.7. The summed E-state index contributed by atoms with van der Waals surface area (Å²) in [4.78, 5) is 5.17. The summed E-state index contributed by atoms with van der Waals surface area (Å²) in [6.07, 6.45) is 3.66. The van der Waals surface area contributed by atoms with Crippen LogP contribution in [-0.4, -0.2) is 60.0 Å². The van der Waals surface area contributed by atoms with Crippen LogP contribution in [0.5, 0.6) is 0 Å². The van der Waals surface area contributed by atoms with Crippen LogP contribution in [0.2, 0.25) is 0 Å². The Kier molecular flexibility index (Phi) is 2.87. The maximum absolute atomic E-state index is 9.41. The number of rotatable bonds is 3. The number of nitrogens with zero attached hydrogens (tertiary/aromatic N) is 3. The van der Waals surface area contributed by atoms with Crippen molar-refractivity contribution >= 4 is 5.71 Å². The molecule has 0 aromatic rings. The molecule has 0 amide bonds. The molecule has 4 nitrogen and oxygen atoms in total. The fourth-order valence-electron chi connectivity index (χ4n) is 4.10. The fourth-order valence-corrected chi connectivity index (χ4v) is 4.10. The summed E-state index contributed by atoms with van der Waals surface area (Å²) in [7, 11) is 0. The van der Waals surface area contributed by atoms with Crippen molar-refractivity contribution in [3.8, 4) is 0 Å². The summed E-state index contributed by atoms with van der Waals surface area (Å²) < 4.78 is 0. The van der Waals surface area contributed by atoms with Gasteiger partial charge in [0, 0.05) is 50.6 Å². The zero-order valence-corrected chi connectivity index (χ0v) is 10.7. The first-order chi connectivity index (χ1) is 8.27. The summed E-state index contributed by atoms with van der Waals surface area (Å²) in [5, 5.41) is 13.1. The highest BCUT2D eigenvalue weighted by molar-refractivity contribution is 5.94. The second kappa shape index (κ2) is 4.25. The second-order valence-corrected chi connectivity index (χ2v) is 6.04. The third-order valence-corrected chi connectivity index (χ3v) is 4.79. The number of hydrogen-bond acceptors (Lipinski definition) is 4. The van der Waals surface area contributed by atoms with Gasteiger partial charge in [-0.1, -0.05) is 24.9 Å². The van der Waals surface area contributed by atoms with Gasteiger partial charge in [0.2, 0.25) is 0 Å². The van der Waals surface area contributed by atoms with Gasteiger partial charge in [0.15, 0.2) is 0 Å². The van der Waals surface area contributed by atoms with Gasteiger partial charge in [-0.2, -0.15) is 0 Å². The number of oxime groups is 1. The molecule has 1 N–H and O–H groups in total. The summed E-state index contributed by atoms with van der Waals surface area (Å²) in [6, 6.07) is 0. The zero-order chi connectivity index (χ0) is 11.9. The average Bonchev–Trinajstić information content (AvgIpc) is 2.55. The Morgan fingerprint density at radius 3 is 2.47 bits per heavy atom. The molecule has 4 bridgehead atoms. The highest BCUT2D eigenvalue weighted by Crippen LogP contribution is 2.41. The lowest BCUT2D eigenvalue weighted by molar-refractivity contribution is 0.102. The van der Waals surface area contributed by atoms with Gasteiger partial charge < -0.3 is 15.0 Å². The molecule has 2 unspecified atom stereocenters. The van der Waals surface area contributed by atoms with Crippen LogP contribution >= 0.6 is 0 Å². The molecule has 4 aliphatic rings. The van der Waals surface area contributed by atoms with E-state index in [0.717, 1.165) is 31.9 Å². The molecule has 2 atom stereocenters. The average molecular weight is 237 g/mol. The van der Waals surface area contributed by atoms with E-state index in [4.69, 9.17) is 0 Å². The number of fused-ring (bicyclic) bond motifs is 1. The Labute approximate surface area is 103 Å². The van der Waals surface area contributed by atoms with Crippen LogP contribution in [0.4, 0.5) is 0 Å². The molecule has 4 heterocycles. The molecule has 0 spiro atoms. The Balaban J connectivity index is 1.92. The summed E-state index contributed by atoms with van der Waals surface area (Å²) >= 11 is 0. The van der Waals surface area contributed by atoms with E-state index in [1.165, 1.54) is 32.4 Å². The summed E-state index contributed by atoms with van der Waals surface area (Å²) in [5.41, 5.74) is 1.27. The highest BCUT2D eigenvalue weighted by Gasteiger charge is 2.51. The molecule has 0 saturated carbocycles. The van der Waals surface area contributed by atoms with Gasteiger partial charge in [0.05, 0.1) is 5.71 Å². The van der Waals surface area contributed by atoms with Gasteiger partial charge in [-0.15, -0.1) is 0 Å². The first-order valence-electron chi connectivity index (χ1n) is 6.94. The van der Waals surface area contributed by atoms with E-state index in [-0.39, 0.29) is 5.41 Å². The van der Waals surface area contributed by atoms with Crippen molar-refractivity contribution in [2.45, 2.75) is 26.2 Å². The third-order valence-electron chi connectivity index (χ3n) is 4.79. The number of piperidine rings is 2. The first-order valence-corrected chi connectivity index (χ1v) is 6.94. The van der Waals surface area contributed by atoms with Crippen LogP contribution in [0.1, 0.15) is 26.2 Å². The third kappa shape index (κ3) is 1.78. The van der Waals surface area contributed by atoms with Crippen molar-refractivity contribution in [1.82, 2.24) is 9.80 Å². The minimum absolute atomic E-state index is 0.155. The van der Waals surface area contributed by atoms with E-state index in [9.17, 15) is 5.21 Å². The minimum atomic E-state index is 0.155. The number of hydrogen-bond donors (Lipinski definition) is 1. The maximum atomic E-state index is 9.41. The van der Waals surface area contributed by atoms with Crippen LogP contribution in [0.15, 0.2) is 5.16 Å². The molecule has 4 aliphatic heterocycles. The predicted octanol–water partition coefficient (Wildman–Crippen LogP) is 1.25. The van der Waals surface area contributed by atoms with Crippen molar-refractivity contribution in [2.75, 3.05) is 39.3 Å². The van der Waals surface area contributed by atoms with Crippen LogP contribution in [0, 0.1) is 11.3 Å². The lowest BCUT2D eigenvalue weighted by Crippen LogP contribution is -2.61. The predicted molar refractivity (Wildman–Crippen MR) is 67.5 cm³/mol. The lowest BCUT2D eigenvalue weighted by atomic mass is 9.68. The first kappa shape index (κ1) is 11.5. The van der Waals surface area contributed by atoms with Crippen LogP contribution < -0.4 is 0 Å². The van der Waals surface area contributed by atoms with E-state index in [2.05, 4.69) is 21.9 Å². The number of unbranched alkanes of at least 4 members (excludes halogenated alkanes) is 1. The van der Waals surface area contributed by atoms with Gasteiger partial charge in [0.25, 0.3) is 0 Å². The molecule has 4 rings (SSSR count). The summed E-state index contributed by atoms with van der Waals surface area (Å²) in [5.74, 6) is 0.474. The van der Waals surface area contributed by atoms with E-state index in [1.54, 1.807) is 0 Å². The van der Waals surface area contributed by atoms with Crippen molar-refractivity contribution in [3.63, 3.8) is 0 Å². The quantitative estimate of drug-likeness (QED) is 0.593. The normalized spacial score (nSPS) is 46.4. The lowest BCUT2D eigenvalue weighted by Gasteiger charge is -2.50. The molecule has 17 heavy (non-hydrogen) atoms. The molecule has 4 fully saturated rings. The van der Waals surface area contributed by atoms with Gasteiger partial charge in [-0.25, -0.2) is 0 Å². The Hall–Kier alpha value is -0.610. The molecule has 0 radical (unpaired) electrons. The molecule has 96 valence electrons. The van der Waals surface area contributed by atoms with Crippen LogP contribution in [0.25, 0.3) is 0 Å². The molecule has 4 heteroatoms. The van der Waals surface area contributed by atoms with E-state index >= 15 is 0 Å². The molecule has 4 saturated heterocycles. The van der Waals surface area contributed by atoms with E-state index in [0.29, 0.717) is 5.92 Å². The van der Waals surface area contributed by atoms with Gasteiger partial charge in [0.1, 0.15) is 0 Å².